The van der Waals surface area contributed by atoms with Gasteiger partial charge in [-0.25, -0.2) is 0 Å². The van der Waals surface area contributed by atoms with Crippen molar-refractivity contribution < 1.29 is 4.79 Å². The van der Waals surface area contributed by atoms with Crippen LogP contribution >= 0.6 is 0 Å². The molecule has 0 aromatic carbocycles. The maximum absolute atomic E-state index is 12.3. The largest absolute Gasteiger partial charge is 0.340 e. The van der Waals surface area contributed by atoms with E-state index in [0.29, 0.717) is 18.4 Å². The smallest absolute Gasteiger partial charge is 0.236 e. The van der Waals surface area contributed by atoms with E-state index in [2.05, 4.69) is 40.6 Å². The van der Waals surface area contributed by atoms with Crippen LogP contribution in [0.1, 0.15) is 51.5 Å². The molecule has 1 aliphatic heterocycles. The van der Waals surface area contributed by atoms with E-state index in [0.717, 1.165) is 56.4 Å². The third-order valence-electron chi connectivity index (χ3n) is 5.75. The topological polar surface area (TPSA) is 41.4 Å². The van der Waals surface area contributed by atoms with Crippen LogP contribution in [0, 0.1) is 29.6 Å². The Morgan fingerprint density at radius 2 is 2.15 bits per heavy atom. The zero-order chi connectivity index (χ0) is 19.2. The second kappa shape index (κ2) is 9.41. The highest BCUT2D eigenvalue weighted by Gasteiger charge is 2.38. The minimum atomic E-state index is 0.324. The molecule has 0 N–H and O–H groups in total. The van der Waals surface area contributed by atoms with Crippen molar-refractivity contribution in [2.75, 3.05) is 32.7 Å². The average Bonchev–Trinajstić information content (AvgIpc) is 3.21. The zero-order valence-corrected chi connectivity index (χ0v) is 17.2. The fourth-order valence-corrected chi connectivity index (χ4v) is 3.89. The molecular formula is C22H34N4O. The van der Waals surface area contributed by atoms with Gasteiger partial charge in [0.05, 0.1) is 18.3 Å². The molecule has 1 saturated carbocycles. The highest BCUT2D eigenvalue weighted by molar-refractivity contribution is 5.79. The van der Waals surface area contributed by atoms with Gasteiger partial charge in [0.15, 0.2) is 0 Å². The second-order valence-electron chi connectivity index (χ2n) is 8.65. The van der Waals surface area contributed by atoms with Gasteiger partial charge in [0, 0.05) is 45.8 Å². The van der Waals surface area contributed by atoms with E-state index in [4.69, 9.17) is 0 Å². The van der Waals surface area contributed by atoms with E-state index < -0.39 is 0 Å². The van der Waals surface area contributed by atoms with Crippen LogP contribution in [0.3, 0.4) is 0 Å². The number of carbonyl (C=O) groups is 1. The van der Waals surface area contributed by atoms with Gasteiger partial charge < -0.3 is 4.90 Å². The molecule has 5 nitrogen and oxygen atoms in total. The zero-order valence-electron chi connectivity index (χ0n) is 17.2. The molecule has 2 aliphatic rings. The van der Waals surface area contributed by atoms with Crippen LogP contribution < -0.4 is 0 Å². The van der Waals surface area contributed by atoms with Gasteiger partial charge in [-0.3, -0.25) is 14.4 Å². The van der Waals surface area contributed by atoms with Gasteiger partial charge in [-0.05, 0) is 43.4 Å². The Morgan fingerprint density at radius 1 is 1.30 bits per heavy atom. The van der Waals surface area contributed by atoms with E-state index in [9.17, 15) is 4.79 Å². The summed E-state index contributed by atoms with van der Waals surface area (Å²) in [6.07, 6.45) is 9.62. The van der Waals surface area contributed by atoms with Crippen LogP contribution in [0.5, 0.6) is 0 Å². The van der Waals surface area contributed by atoms with Gasteiger partial charge in [0.25, 0.3) is 0 Å². The molecule has 1 aromatic heterocycles. The number of unbranched alkanes of at least 4 members (excludes halogenated alkanes) is 1. The summed E-state index contributed by atoms with van der Waals surface area (Å²) in [5.74, 6) is 9.07. The summed E-state index contributed by atoms with van der Waals surface area (Å²) in [7, 11) is 1.91. The molecule has 1 aliphatic carbocycles. The molecule has 2 heterocycles. The first kappa shape index (κ1) is 19.9. The molecule has 0 radical (unpaired) electrons. The highest BCUT2D eigenvalue weighted by Crippen LogP contribution is 2.42. The lowest BCUT2D eigenvalue weighted by Gasteiger charge is -2.34. The molecule has 1 aromatic rings. The minimum Gasteiger partial charge on any atom is -0.340 e. The minimum absolute atomic E-state index is 0.324. The summed E-state index contributed by atoms with van der Waals surface area (Å²) in [4.78, 5) is 16.8. The van der Waals surface area contributed by atoms with Gasteiger partial charge in [-0.1, -0.05) is 25.7 Å². The Labute approximate surface area is 164 Å². The fraction of sp³-hybridized carbons (Fsp3) is 0.727. The lowest BCUT2D eigenvalue weighted by atomic mass is 10.1. The van der Waals surface area contributed by atoms with Crippen LogP contribution in [0.2, 0.25) is 0 Å². The molecule has 2 atom stereocenters. The lowest BCUT2D eigenvalue weighted by molar-refractivity contribution is -0.136. The van der Waals surface area contributed by atoms with Crippen LogP contribution in [0.15, 0.2) is 12.4 Å². The van der Waals surface area contributed by atoms with Gasteiger partial charge in [-0.15, -0.1) is 0 Å². The fourth-order valence-electron chi connectivity index (χ4n) is 3.89. The van der Waals surface area contributed by atoms with Crippen molar-refractivity contribution in [1.29, 1.82) is 0 Å². The number of hydrogen-bond acceptors (Lipinski definition) is 3. The molecule has 1 saturated heterocycles. The first-order chi connectivity index (χ1) is 13.0. The van der Waals surface area contributed by atoms with E-state index in [1.54, 1.807) is 4.68 Å². The highest BCUT2D eigenvalue weighted by atomic mass is 16.2. The predicted octanol–water partition coefficient (Wildman–Crippen LogP) is 2.77. The summed E-state index contributed by atoms with van der Waals surface area (Å²) >= 11 is 0. The number of rotatable bonds is 8. The van der Waals surface area contributed by atoms with Crippen molar-refractivity contribution in [3.63, 3.8) is 0 Å². The third kappa shape index (κ3) is 6.39. The number of aromatic nitrogens is 2. The van der Waals surface area contributed by atoms with Crippen molar-refractivity contribution in [1.82, 2.24) is 19.6 Å². The first-order valence-electron chi connectivity index (χ1n) is 10.5. The number of hydrogen-bond donors (Lipinski definition) is 0. The Balaban J connectivity index is 1.28. The SMILES string of the molecule is CC(C)CCN1CCN(CC2CC2CCCC#Cc2cnn(C)c2)CC1=O. The predicted molar refractivity (Wildman–Crippen MR) is 108 cm³/mol. The van der Waals surface area contributed by atoms with Crippen LogP contribution in [0.4, 0.5) is 0 Å². The number of amides is 1. The van der Waals surface area contributed by atoms with Crippen LogP contribution in [-0.2, 0) is 11.8 Å². The number of piperazine rings is 1. The molecule has 27 heavy (non-hydrogen) atoms. The number of nitrogens with zero attached hydrogens (tertiary/aromatic N) is 4. The average molecular weight is 371 g/mol. The Morgan fingerprint density at radius 3 is 2.85 bits per heavy atom. The van der Waals surface area contributed by atoms with E-state index in [1.165, 1.54) is 19.3 Å². The van der Waals surface area contributed by atoms with Crippen molar-refractivity contribution in [3.05, 3.63) is 18.0 Å². The van der Waals surface area contributed by atoms with Gasteiger partial charge in [-0.2, -0.15) is 5.10 Å². The molecule has 2 fully saturated rings. The van der Waals surface area contributed by atoms with Gasteiger partial charge in [0.1, 0.15) is 0 Å². The molecule has 0 bridgehead atoms. The maximum Gasteiger partial charge on any atom is 0.236 e. The molecular weight excluding hydrogens is 336 g/mol. The second-order valence-corrected chi connectivity index (χ2v) is 8.65. The third-order valence-corrected chi connectivity index (χ3v) is 5.75. The van der Waals surface area contributed by atoms with E-state index >= 15 is 0 Å². The lowest BCUT2D eigenvalue weighted by Crippen LogP contribution is -2.51. The molecule has 2 unspecified atom stereocenters. The van der Waals surface area contributed by atoms with Crippen molar-refractivity contribution in [2.24, 2.45) is 24.8 Å². The summed E-state index contributed by atoms with van der Waals surface area (Å²) < 4.78 is 1.79. The molecule has 0 spiro atoms. The summed E-state index contributed by atoms with van der Waals surface area (Å²) in [6, 6.07) is 0. The monoisotopic (exact) mass is 370 g/mol. The van der Waals surface area contributed by atoms with E-state index in [1.807, 2.05) is 19.4 Å². The van der Waals surface area contributed by atoms with Crippen molar-refractivity contribution >= 4 is 5.91 Å². The number of carbonyl (C=O) groups excluding carboxylic acids is 1. The number of aryl methyl sites for hydroxylation is 1. The quantitative estimate of drug-likeness (QED) is 0.522. The summed E-state index contributed by atoms with van der Waals surface area (Å²) in [5.41, 5.74) is 0.999. The Bertz CT molecular complexity index is 684. The van der Waals surface area contributed by atoms with Crippen molar-refractivity contribution in [3.8, 4) is 11.8 Å². The maximum atomic E-state index is 12.3. The first-order valence-corrected chi connectivity index (χ1v) is 10.5. The molecule has 1 amide bonds. The molecule has 148 valence electrons. The normalized spacial score (nSPS) is 22.8. The Hall–Kier alpha value is -1.80. The summed E-state index contributed by atoms with van der Waals surface area (Å²) in [5, 5.41) is 4.13. The van der Waals surface area contributed by atoms with Crippen LogP contribution in [0.25, 0.3) is 0 Å². The van der Waals surface area contributed by atoms with Gasteiger partial charge >= 0.3 is 0 Å². The van der Waals surface area contributed by atoms with Crippen molar-refractivity contribution in [2.45, 2.75) is 46.0 Å². The molecule has 5 heteroatoms. The van der Waals surface area contributed by atoms with Gasteiger partial charge in [0.2, 0.25) is 5.91 Å². The van der Waals surface area contributed by atoms with E-state index in [-0.39, 0.29) is 0 Å². The summed E-state index contributed by atoms with van der Waals surface area (Å²) in [6.45, 7) is 9.05. The van der Waals surface area contributed by atoms with Crippen LogP contribution in [-0.4, -0.2) is 58.2 Å². The molecule has 3 rings (SSSR count). The standard InChI is InChI=1S/C22H34N4O/c1-18(2)9-10-26-12-11-25(17-22(26)27)16-21-13-20(21)8-6-4-5-7-19-14-23-24(3)15-19/h14-15,18,20-21H,4,6,8-13,16-17H2,1-3H3. The Kier molecular flexibility index (Phi) is 6.95.